The predicted octanol–water partition coefficient (Wildman–Crippen LogP) is 4.24. The third-order valence-corrected chi connectivity index (χ3v) is 4.50. The van der Waals surface area contributed by atoms with Gasteiger partial charge in [0.1, 0.15) is 18.1 Å². The molecular formula is C22H20N2O4. The van der Waals surface area contributed by atoms with Crippen LogP contribution < -0.4 is 15.0 Å². The number of hydrogen-bond acceptors (Lipinski definition) is 4. The van der Waals surface area contributed by atoms with Gasteiger partial charge in [-0.25, -0.2) is 0 Å². The molecule has 2 aromatic carbocycles. The topological polar surface area (TPSA) is 71.8 Å². The molecule has 2 heterocycles. The van der Waals surface area contributed by atoms with Crippen LogP contribution in [0.25, 0.3) is 0 Å². The molecule has 1 saturated heterocycles. The van der Waals surface area contributed by atoms with Crippen molar-refractivity contribution in [2.45, 2.75) is 19.4 Å². The Morgan fingerprint density at radius 1 is 1.07 bits per heavy atom. The average molecular weight is 376 g/mol. The number of furan rings is 1. The van der Waals surface area contributed by atoms with Crippen molar-refractivity contribution in [3.8, 4) is 5.75 Å². The fourth-order valence-electron chi connectivity index (χ4n) is 3.11. The van der Waals surface area contributed by atoms with Crippen LogP contribution in [0.15, 0.2) is 71.1 Å². The summed E-state index contributed by atoms with van der Waals surface area (Å²) >= 11 is 0. The highest BCUT2D eigenvalue weighted by molar-refractivity contribution is 6.03. The normalized spacial score (nSPS) is 13.6. The van der Waals surface area contributed by atoms with E-state index in [9.17, 15) is 9.59 Å². The van der Waals surface area contributed by atoms with Gasteiger partial charge in [-0.05, 0) is 48.9 Å². The molecule has 0 radical (unpaired) electrons. The van der Waals surface area contributed by atoms with E-state index in [2.05, 4.69) is 5.32 Å². The number of ether oxygens (including phenoxy) is 1. The number of para-hydroxylation sites is 1. The van der Waals surface area contributed by atoms with Crippen LogP contribution in [-0.2, 0) is 11.4 Å². The molecule has 142 valence electrons. The van der Waals surface area contributed by atoms with Gasteiger partial charge >= 0.3 is 0 Å². The molecule has 6 nitrogen and oxygen atoms in total. The van der Waals surface area contributed by atoms with Gasteiger partial charge < -0.3 is 19.4 Å². The molecule has 0 atom stereocenters. The summed E-state index contributed by atoms with van der Waals surface area (Å²) in [7, 11) is 0. The largest absolute Gasteiger partial charge is 0.486 e. The number of carbonyl (C=O) groups is 2. The maximum Gasteiger partial charge on any atom is 0.291 e. The van der Waals surface area contributed by atoms with Crippen molar-refractivity contribution in [1.82, 2.24) is 0 Å². The summed E-state index contributed by atoms with van der Waals surface area (Å²) in [5.41, 5.74) is 1.40. The fraction of sp³-hybridized carbons (Fsp3) is 0.182. The Morgan fingerprint density at radius 3 is 2.71 bits per heavy atom. The van der Waals surface area contributed by atoms with Crippen LogP contribution in [0.4, 0.5) is 11.4 Å². The van der Waals surface area contributed by atoms with Gasteiger partial charge in [-0.2, -0.15) is 0 Å². The monoisotopic (exact) mass is 376 g/mol. The minimum absolute atomic E-state index is 0.109. The molecule has 0 aliphatic carbocycles. The van der Waals surface area contributed by atoms with Crippen LogP contribution in [0.3, 0.4) is 0 Å². The lowest BCUT2D eigenvalue weighted by molar-refractivity contribution is -0.117. The molecule has 0 unspecified atom stereocenters. The number of carbonyl (C=O) groups excluding carboxylic acids is 2. The summed E-state index contributed by atoms with van der Waals surface area (Å²) in [4.78, 5) is 26.1. The second-order valence-corrected chi connectivity index (χ2v) is 6.52. The number of amides is 2. The van der Waals surface area contributed by atoms with Gasteiger partial charge in [-0.1, -0.05) is 24.3 Å². The highest BCUT2D eigenvalue weighted by Crippen LogP contribution is 2.24. The van der Waals surface area contributed by atoms with E-state index >= 15 is 0 Å². The highest BCUT2D eigenvalue weighted by atomic mass is 16.5. The standard InChI is InChI=1S/C22H20N2O4/c25-21-10-5-13-24(21)17-7-4-6-16(14-17)23-22(26)20-12-11-19(28-20)15-27-18-8-2-1-3-9-18/h1-4,6-9,11-12,14H,5,10,13,15H2,(H,23,26). The molecule has 1 aliphatic rings. The first-order chi connectivity index (χ1) is 13.7. The zero-order chi connectivity index (χ0) is 19.3. The third kappa shape index (κ3) is 4.06. The van der Waals surface area contributed by atoms with E-state index < -0.39 is 0 Å². The molecular weight excluding hydrogens is 356 g/mol. The van der Waals surface area contributed by atoms with Crippen molar-refractivity contribution in [3.05, 3.63) is 78.3 Å². The molecule has 2 amide bonds. The predicted molar refractivity (Wildman–Crippen MR) is 105 cm³/mol. The summed E-state index contributed by atoms with van der Waals surface area (Å²) in [5.74, 6) is 1.26. The molecule has 1 aromatic heterocycles. The molecule has 6 heteroatoms. The molecule has 0 saturated carbocycles. The van der Waals surface area contributed by atoms with E-state index in [1.54, 1.807) is 29.2 Å². The van der Waals surface area contributed by atoms with Crippen LogP contribution in [0.5, 0.6) is 5.75 Å². The molecule has 1 N–H and O–H groups in total. The highest BCUT2D eigenvalue weighted by Gasteiger charge is 2.22. The zero-order valence-corrected chi connectivity index (χ0v) is 15.3. The molecule has 1 aliphatic heterocycles. The van der Waals surface area contributed by atoms with E-state index in [4.69, 9.17) is 9.15 Å². The Morgan fingerprint density at radius 2 is 1.93 bits per heavy atom. The molecule has 0 spiro atoms. The van der Waals surface area contributed by atoms with Gasteiger partial charge in [0.2, 0.25) is 5.91 Å². The van der Waals surface area contributed by atoms with Crippen LogP contribution in [0.2, 0.25) is 0 Å². The van der Waals surface area contributed by atoms with E-state index in [0.717, 1.165) is 17.9 Å². The van der Waals surface area contributed by atoms with Crippen LogP contribution in [0, 0.1) is 0 Å². The first-order valence-corrected chi connectivity index (χ1v) is 9.17. The van der Waals surface area contributed by atoms with Crippen molar-refractivity contribution in [2.75, 3.05) is 16.8 Å². The lowest BCUT2D eigenvalue weighted by Gasteiger charge is -2.16. The maximum absolute atomic E-state index is 12.5. The average Bonchev–Trinajstić information content (AvgIpc) is 3.36. The van der Waals surface area contributed by atoms with Gasteiger partial charge in [0.05, 0.1) is 0 Å². The smallest absolute Gasteiger partial charge is 0.291 e. The van der Waals surface area contributed by atoms with Gasteiger partial charge in [-0.15, -0.1) is 0 Å². The minimum atomic E-state index is -0.351. The van der Waals surface area contributed by atoms with Crippen molar-refractivity contribution < 1.29 is 18.7 Å². The van der Waals surface area contributed by atoms with E-state index in [1.807, 2.05) is 42.5 Å². The lowest BCUT2D eigenvalue weighted by atomic mass is 10.2. The Kier molecular flexibility index (Phi) is 5.10. The first kappa shape index (κ1) is 17.9. The van der Waals surface area contributed by atoms with Crippen molar-refractivity contribution in [1.29, 1.82) is 0 Å². The van der Waals surface area contributed by atoms with Crippen molar-refractivity contribution >= 4 is 23.2 Å². The molecule has 0 bridgehead atoms. The minimum Gasteiger partial charge on any atom is -0.486 e. The Labute approximate surface area is 162 Å². The van der Waals surface area contributed by atoms with Crippen LogP contribution in [-0.4, -0.2) is 18.4 Å². The maximum atomic E-state index is 12.5. The Hall–Kier alpha value is -3.54. The van der Waals surface area contributed by atoms with Gasteiger partial charge in [0.15, 0.2) is 5.76 Å². The zero-order valence-electron chi connectivity index (χ0n) is 15.3. The summed E-state index contributed by atoms with van der Waals surface area (Å²) in [6.45, 7) is 0.947. The number of nitrogens with one attached hydrogen (secondary N) is 1. The van der Waals surface area contributed by atoms with Crippen LogP contribution >= 0.6 is 0 Å². The van der Waals surface area contributed by atoms with Crippen molar-refractivity contribution in [3.63, 3.8) is 0 Å². The lowest BCUT2D eigenvalue weighted by Crippen LogP contribution is -2.23. The van der Waals surface area contributed by atoms with Crippen LogP contribution in [0.1, 0.15) is 29.2 Å². The third-order valence-electron chi connectivity index (χ3n) is 4.50. The molecule has 3 aromatic rings. The second kappa shape index (κ2) is 8.00. The first-order valence-electron chi connectivity index (χ1n) is 9.17. The van der Waals surface area contributed by atoms with Gasteiger partial charge in [-0.3, -0.25) is 9.59 Å². The molecule has 4 rings (SSSR count). The second-order valence-electron chi connectivity index (χ2n) is 6.52. The summed E-state index contributed by atoms with van der Waals surface area (Å²) in [5, 5.41) is 2.81. The Bertz CT molecular complexity index is 981. The Balaban J connectivity index is 1.39. The van der Waals surface area contributed by atoms with E-state index in [-0.39, 0.29) is 24.2 Å². The number of hydrogen-bond donors (Lipinski definition) is 1. The molecule has 28 heavy (non-hydrogen) atoms. The van der Waals surface area contributed by atoms with Gasteiger partial charge in [0, 0.05) is 24.3 Å². The number of nitrogens with zero attached hydrogens (tertiary/aromatic N) is 1. The summed E-state index contributed by atoms with van der Waals surface area (Å²) < 4.78 is 11.2. The quantitative estimate of drug-likeness (QED) is 0.699. The number of anilines is 2. The molecule has 1 fully saturated rings. The summed E-state index contributed by atoms with van der Waals surface area (Å²) in [6, 6.07) is 20.0. The van der Waals surface area contributed by atoms with Crippen molar-refractivity contribution in [2.24, 2.45) is 0 Å². The SMILES string of the molecule is O=C(Nc1cccc(N2CCCC2=O)c1)c1ccc(COc2ccccc2)o1. The van der Waals surface area contributed by atoms with Gasteiger partial charge in [0.25, 0.3) is 5.91 Å². The summed E-state index contributed by atoms with van der Waals surface area (Å²) in [6.07, 6.45) is 1.42. The number of rotatable bonds is 6. The number of benzene rings is 2. The van der Waals surface area contributed by atoms with E-state index in [1.165, 1.54) is 0 Å². The fourth-order valence-corrected chi connectivity index (χ4v) is 3.11. The van der Waals surface area contributed by atoms with E-state index in [0.29, 0.717) is 24.4 Å².